The molecule has 0 spiro atoms. The molecule has 0 atom stereocenters. The number of rotatable bonds is 3. The fourth-order valence-corrected chi connectivity index (χ4v) is 2.83. The lowest BCUT2D eigenvalue weighted by atomic mass is 10.1. The highest BCUT2D eigenvalue weighted by molar-refractivity contribution is 6.00. The number of nitrogens with one attached hydrogen (secondary N) is 1. The lowest BCUT2D eigenvalue weighted by Gasteiger charge is -2.38. The van der Waals surface area contributed by atoms with E-state index in [1.165, 1.54) is 12.1 Å². The first kappa shape index (κ1) is 14.4. The average molecular weight is 298 g/mol. The van der Waals surface area contributed by atoms with Crippen LogP contribution in [0.5, 0.6) is 0 Å². The summed E-state index contributed by atoms with van der Waals surface area (Å²) in [5, 5.41) is 7.69. The molecule has 0 saturated carbocycles. The Morgan fingerprint density at radius 3 is 2.14 bits per heavy atom. The number of anilines is 2. The number of nitrogens with zero attached hydrogens (tertiary/aromatic N) is 2. The number of nitrogens with two attached hydrogens (primary N) is 1. The molecule has 0 radical (unpaired) electrons. The second-order valence-corrected chi connectivity index (χ2v) is 5.38. The van der Waals surface area contributed by atoms with Crippen LogP contribution < -0.4 is 15.5 Å². The molecule has 2 aromatic carbocycles. The molecule has 3 rings (SSSR count). The number of nitrogen functional groups attached to an aromatic ring is 1. The van der Waals surface area contributed by atoms with Gasteiger partial charge < -0.3 is 15.5 Å². The van der Waals surface area contributed by atoms with Crippen molar-refractivity contribution in [3.05, 3.63) is 59.9 Å². The molecule has 22 heavy (non-hydrogen) atoms. The summed E-state index contributed by atoms with van der Waals surface area (Å²) in [5.41, 5.74) is 8.49. The van der Waals surface area contributed by atoms with E-state index in [9.17, 15) is 4.39 Å². The second kappa shape index (κ2) is 6.05. The van der Waals surface area contributed by atoms with Crippen LogP contribution in [0.4, 0.5) is 15.8 Å². The third kappa shape index (κ3) is 2.88. The molecule has 1 fully saturated rings. The fraction of sp³-hybridized carbons (Fsp3) is 0.235. The van der Waals surface area contributed by atoms with Crippen molar-refractivity contribution in [1.29, 1.82) is 5.41 Å². The minimum Gasteiger partial charge on any atom is -0.384 e. The maximum atomic E-state index is 13.0. The first-order chi connectivity index (χ1) is 10.6. The SMILES string of the molecule is N=C(N)c1ccccc1N1CCN(c2ccc(F)cc2)CC1. The van der Waals surface area contributed by atoms with Gasteiger partial charge in [0.05, 0.1) is 0 Å². The van der Waals surface area contributed by atoms with Crippen LogP contribution in [0.15, 0.2) is 48.5 Å². The van der Waals surface area contributed by atoms with Crippen LogP contribution in [0.25, 0.3) is 0 Å². The van der Waals surface area contributed by atoms with Crippen LogP contribution in [0.2, 0.25) is 0 Å². The van der Waals surface area contributed by atoms with Crippen molar-refractivity contribution in [2.24, 2.45) is 5.73 Å². The van der Waals surface area contributed by atoms with E-state index in [1.54, 1.807) is 0 Å². The van der Waals surface area contributed by atoms with E-state index in [4.69, 9.17) is 11.1 Å². The molecule has 0 aliphatic carbocycles. The summed E-state index contributed by atoms with van der Waals surface area (Å²) < 4.78 is 13.0. The molecule has 114 valence electrons. The molecule has 1 aliphatic rings. The number of hydrogen-bond donors (Lipinski definition) is 2. The van der Waals surface area contributed by atoms with E-state index in [-0.39, 0.29) is 11.7 Å². The molecule has 0 aromatic heterocycles. The standard InChI is InChI=1S/C17H19FN4/c18-13-5-7-14(8-6-13)21-9-11-22(12-10-21)16-4-2-1-3-15(16)17(19)20/h1-8H,9-12H2,(H3,19,20). The summed E-state index contributed by atoms with van der Waals surface area (Å²) in [6.45, 7) is 3.42. The highest BCUT2D eigenvalue weighted by Crippen LogP contribution is 2.23. The van der Waals surface area contributed by atoms with Gasteiger partial charge in [0.1, 0.15) is 11.7 Å². The molecule has 5 heteroatoms. The Morgan fingerprint density at radius 2 is 1.50 bits per heavy atom. The molecular weight excluding hydrogens is 279 g/mol. The minimum atomic E-state index is -0.210. The second-order valence-electron chi connectivity index (χ2n) is 5.38. The molecule has 1 saturated heterocycles. The maximum absolute atomic E-state index is 13.0. The van der Waals surface area contributed by atoms with Crippen LogP contribution in [0.3, 0.4) is 0 Å². The first-order valence-electron chi connectivity index (χ1n) is 7.34. The van der Waals surface area contributed by atoms with Gasteiger partial charge >= 0.3 is 0 Å². The first-order valence-corrected chi connectivity index (χ1v) is 7.34. The van der Waals surface area contributed by atoms with Crippen molar-refractivity contribution in [2.75, 3.05) is 36.0 Å². The number of amidine groups is 1. The Balaban J connectivity index is 1.72. The van der Waals surface area contributed by atoms with Crippen LogP contribution in [-0.4, -0.2) is 32.0 Å². The Labute approximate surface area is 129 Å². The number of halogens is 1. The molecular formula is C17H19FN4. The number of hydrogen-bond acceptors (Lipinski definition) is 3. The maximum Gasteiger partial charge on any atom is 0.124 e. The van der Waals surface area contributed by atoms with Crippen LogP contribution in [0, 0.1) is 11.2 Å². The predicted octanol–water partition coefficient (Wildman–Crippen LogP) is 2.44. The van der Waals surface area contributed by atoms with Gasteiger partial charge in [-0.1, -0.05) is 12.1 Å². The minimum absolute atomic E-state index is 0.0940. The lowest BCUT2D eigenvalue weighted by Crippen LogP contribution is -2.47. The molecule has 1 heterocycles. The van der Waals surface area contributed by atoms with Crippen LogP contribution in [-0.2, 0) is 0 Å². The van der Waals surface area contributed by atoms with Gasteiger partial charge in [0, 0.05) is 43.1 Å². The van der Waals surface area contributed by atoms with Crippen molar-refractivity contribution >= 4 is 17.2 Å². The van der Waals surface area contributed by atoms with Crippen molar-refractivity contribution < 1.29 is 4.39 Å². The van der Waals surface area contributed by atoms with Crippen molar-refractivity contribution in [2.45, 2.75) is 0 Å². The summed E-state index contributed by atoms with van der Waals surface area (Å²) in [6, 6.07) is 14.4. The fourth-order valence-electron chi connectivity index (χ4n) is 2.83. The average Bonchev–Trinajstić information content (AvgIpc) is 2.56. The Kier molecular flexibility index (Phi) is 3.96. The molecule has 0 unspecified atom stereocenters. The quantitative estimate of drug-likeness (QED) is 0.676. The summed E-state index contributed by atoms with van der Waals surface area (Å²) in [6.07, 6.45) is 0. The number of para-hydroxylation sites is 1. The topological polar surface area (TPSA) is 56.4 Å². The third-order valence-corrected chi connectivity index (χ3v) is 4.01. The monoisotopic (exact) mass is 298 g/mol. The zero-order valence-corrected chi connectivity index (χ0v) is 12.3. The molecule has 0 bridgehead atoms. The van der Waals surface area contributed by atoms with Gasteiger partial charge in [0.2, 0.25) is 0 Å². The summed E-state index contributed by atoms with van der Waals surface area (Å²) >= 11 is 0. The van der Waals surface area contributed by atoms with Gasteiger partial charge in [0.25, 0.3) is 0 Å². The van der Waals surface area contributed by atoms with E-state index >= 15 is 0 Å². The van der Waals surface area contributed by atoms with E-state index in [2.05, 4.69) is 9.80 Å². The van der Waals surface area contributed by atoms with E-state index in [1.807, 2.05) is 36.4 Å². The van der Waals surface area contributed by atoms with Crippen LogP contribution >= 0.6 is 0 Å². The molecule has 1 aliphatic heterocycles. The largest absolute Gasteiger partial charge is 0.384 e. The Hall–Kier alpha value is -2.56. The smallest absolute Gasteiger partial charge is 0.124 e. The van der Waals surface area contributed by atoms with E-state index < -0.39 is 0 Å². The molecule has 3 N–H and O–H groups in total. The zero-order chi connectivity index (χ0) is 15.5. The number of piperazine rings is 1. The lowest BCUT2D eigenvalue weighted by molar-refractivity contribution is 0.625. The predicted molar refractivity (Wildman–Crippen MR) is 88.3 cm³/mol. The Morgan fingerprint density at radius 1 is 0.909 bits per heavy atom. The van der Waals surface area contributed by atoms with Crippen molar-refractivity contribution in [1.82, 2.24) is 0 Å². The molecule has 4 nitrogen and oxygen atoms in total. The van der Waals surface area contributed by atoms with E-state index in [0.717, 1.165) is 43.1 Å². The molecule has 0 amide bonds. The van der Waals surface area contributed by atoms with Crippen molar-refractivity contribution in [3.8, 4) is 0 Å². The van der Waals surface area contributed by atoms with Gasteiger partial charge in [-0.05, 0) is 36.4 Å². The van der Waals surface area contributed by atoms with Gasteiger partial charge in [-0.2, -0.15) is 0 Å². The normalized spacial score (nSPS) is 15.0. The van der Waals surface area contributed by atoms with Crippen molar-refractivity contribution in [3.63, 3.8) is 0 Å². The number of benzene rings is 2. The Bertz CT molecular complexity index is 661. The summed E-state index contributed by atoms with van der Waals surface area (Å²) in [4.78, 5) is 4.49. The third-order valence-electron chi connectivity index (χ3n) is 4.01. The van der Waals surface area contributed by atoms with Gasteiger partial charge in [-0.3, -0.25) is 5.41 Å². The van der Waals surface area contributed by atoms with E-state index in [0.29, 0.717) is 0 Å². The highest BCUT2D eigenvalue weighted by atomic mass is 19.1. The van der Waals surface area contributed by atoms with Gasteiger partial charge in [0.15, 0.2) is 0 Å². The zero-order valence-electron chi connectivity index (χ0n) is 12.3. The van der Waals surface area contributed by atoms with Crippen LogP contribution in [0.1, 0.15) is 5.56 Å². The van der Waals surface area contributed by atoms with Gasteiger partial charge in [-0.25, -0.2) is 4.39 Å². The molecule has 2 aromatic rings. The van der Waals surface area contributed by atoms with Gasteiger partial charge in [-0.15, -0.1) is 0 Å². The summed E-state index contributed by atoms with van der Waals surface area (Å²) in [7, 11) is 0. The highest BCUT2D eigenvalue weighted by Gasteiger charge is 2.19. The summed E-state index contributed by atoms with van der Waals surface area (Å²) in [5.74, 6) is -0.116.